The molecule has 0 spiro atoms. The Balaban J connectivity index is 2.64. The molecule has 1 unspecified atom stereocenters. The molecule has 4 nitrogen and oxygen atoms in total. The number of aromatic nitrogens is 1. The van der Waals surface area contributed by atoms with Crippen LogP contribution in [0.5, 0.6) is 0 Å². The molecule has 96 valence electrons. The van der Waals surface area contributed by atoms with Crippen LogP contribution in [0.25, 0.3) is 0 Å². The van der Waals surface area contributed by atoms with E-state index in [-0.39, 0.29) is 11.3 Å². The summed E-state index contributed by atoms with van der Waals surface area (Å²) in [6.45, 7) is 8.29. The van der Waals surface area contributed by atoms with Crippen molar-refractivity contribution in [2.75, 3.05) is 5.32 Å². The molecule has 1 aromatic rings. The van der Waals surface area contributed by atoms with E-state index in [1.165, 1.54) is 11.3 Å². The summed E-state index contributed by atoms with van der Waals surface area (Å²) < 4.78 is 0. The minimum atomic E-state index is -0.443. The van der Waals surface area contributed by atoms with Gasteiger partial charge in [-0.15, -0.1) is 11.3 Å². The molecule has 1 atom stereocenters. The van der Waals surface area contributed by atoms with E-state index in [1.54, 1.807) is 0 Å². The third kappa shape index (κ3) is 4.09. The zero-order valence-corrected chi connectivity index (χ0v) is 11.7. The zero-order chi connectivity index (χ0) is 13.1. The Kier molecular flexibility index (Phi) is 4.65. The molecule has 1 heterocycles. The summed E-state index contributed by atoms with van der Waals surface area (Å²) in [5.41, 5.74) is 6.73. The number of nitrogens with zero attached hydrogens (tertiary/aromatic N) is 1. The van der Waals surface area contributed by atoms with Gasteiger partial charge in [0, 0.05) is 10.8 Å². The first-order valence-corrected chi connectivity index (χ1v) is 6.75. The highest BCUT2D eigenvalue weighted by Gasteiger charge is 2.19. The molecule has 0 radical (unpaired) electrons. The molecule has 0 aliphatic heterocycles. The minimum absolute atomic E-state index is 0.00497. The number of anilines is 1. The van der Waals surface area contributed by atoms with Crippen molar-refractivity contribution in [1.82, 2.24) is 4.98 Å². The van der Waals surface area contributed by atoms with Crippen LogP contribution in [0.3, 0.4) is 0 Å². The molecule has 0 bridgehead atoms. The monoisotopic (exact) mass is 255 g/mol. The van der Waals surface area contributed by atoms with Crippen molar-refractivity contribution >= 4 is 22.4 Å². The second-order valence-corrected chi connectivity index (χ2v) is 6.03. The summed E-state index contributed by atoms with van der Waals surface area (Å²) in [5.74, 6) is -0.151. The minimum Gasteiger partial charge on any atom is -0.320 e. The average molecular weight is 255 g/mol. The Morgan fingerprint density at radius 2 is 2.24 bits per heavy atom. The van der Waals surface area contributed by atoms with Crippen LogP contribution in [-0.4, -0.2) is 16.9 Å². The highest BCUT2D eigenvalue weighted by molar-refractivity contribution is 7.13. The van der Waals surface area contributed by atoms with Gasteiger partial charge in [0.1, 0.15) is 0 Å². The maximum atomic E-state index is 11.7. The van der Waals surface area contributed by atoms with E-state index < -0.39 is 6.04 Å². The first-order chi connectivity index (χ1) is 7.84. The number of hydrogen-bond donors (Lipinski definition) is 2. The summed E-state index contributed by atoms with van der Waals surface area (Å²) in [5, 5.41) is 5.37. The molecule has 0 fully saturated rings. The molecule has 0 aliphatic rings. The number of rotatable bonds is 4. The normalized spacial score (nSPS) is 13.5. The molecule has 0 aromatic carbocycles. The van der Waals surface area contributed by atoms with Crippen LogP contribution in [0.2, 0.25) is 0 Å². The first kappa shape index (κ1) is 14.1. The van der Waals surface area contributed by atoms with Crippen molar-refractivity contribution in [3.63, 3.8) is 0 Å². The van der Waals surface area contributed by atoms with Crippen molar-refractivity contribution in [3.8, 4) is 0 Å². The van der Waals surface area contributed by atoms with Gasteiger partial charge in [0.25, 0.3) is 0 Å². The lowest BCUT2D eigenvalue weighted by Crippen LogP contribution is -2.35. The van der Waals surface area contributed by atoms with Crippen LogP contribution >= 0.6 is 11.3 Å². The lowest BCUT2D eigenvalue weighted by Gasteiger charge is -2.14. The fraction of sp³-hybridized carbons (Fsp3) is 0.667. The molecule has 17 heavy (non-hydrogen) atoms. The second kappa shape index (κ2) is 5.60. The molecular weight excluding hydrogens is 234 g/mol. The number of nitrogens with one attached hydrogen (secondary N) is 1. The largest absolute Gasteiger partial charge is 0.320 e. The predicted molar refractivity (Wildman–Crippen MR) is 72.3 cm³/mol. The van der Waals surface area contributed by atoms with Gasteiger partial charge < -0.3 is 11.1 Å². The summed E-state index contributed by atoms with van der Waals surface area (Å²) in [4.78, 5) is 16.1. The highest BCUT2D eigenvalue weighted by atomic mass is 32.1. The van der Waals surface area contributed by atoms with Crippen molar-refractivity contribution in [3.05, 3.63) is 11.1 Å². The van der Waals surface area contributed by atoms with Crippen LogP contribution in [0.1, 0.15) is 46.2 Å². The molecule has 0 saturated carbocycles. The Morgan fingerprint density at radius 3 is 2.71 bits per heavy atom. The van der Waals surface area contributed by atoms with E-state index >= 15 is 0 Å². The smallest absolute Gasteiger partial charge is 0.243 e. The zero-order valence-electron chi connectivity index (χ0n) is 10.9. The Hall–Kier alpha value is -0.940. The quantitative estimate of drug-likeness (QED) is 0.868. The lowest BCUT2D eigenvalue weighted by molar-refractivity contribution is -0.117. The van der Waals surface area contributed by atoms with Crippen molar-refractivity contribution in [2.24, 2.45) is 5.73 Å². The van der Waals surface area contributed by atoms with E-state index in [1.807, 2.05) is 12.3 Å². The Bertz CT molecular complexity index is 381. The highest BCUT2D eigenvalue weighted by Crippen LogP contribution is 2.26. The van der Waals surface area contributed by atoms with E-state index in [0.717, 1.165) is 12.1 Å². The standard InChI is InChI=1S/C12H21N3OS/c1-5-6-8(13)10(16)15-11-14-9(7-17-11)12(2,3)4/h7-8H,5-6,13H2,1-4H3,(H,14,15,16). The predicted octanol–water partition coefficient (Wildman–Crippen LogP) is 2.51. The number of thiazole rings is 1. The topological polar surface area (TPSA) is 68.0 Å². The van der Waals surface area contributed by atoms with Gasteiger partial charge in [0.2, 0.25) is 5.91 Å². The fourth-order valence-electron chi connectivity index (χ4n) is 1.32. The van der Waals surface area contributed by atoms with Gasteiger partial charge in [-0.2, -0.15) is 0 Å². The van der Waals surface area contributed by atoms with Gasteiger partial charge in [0.15, 0.2) is 5.13 Å². The van der Waals surface area contributed by atoms with Crippen LogP contribution in [-0.2, 0) is 10.2 Å². The number of nitrogens with two attached hydrogens (primary N) is 1. The van der Waals surface area contributed by atoms with E-state index in [4.69, 9.17) is 5.73 Å². The lowest BCUT2D eigenvalue weighted by atomic mass is 9.93. The van der Waals surface area contributed by atoms with Crippen LogP contribution in [0, 0.1) is 0 Å². The van der Waals surface area contributed by atoms with Gasteiger partial charge in [-0.1, -0.05) is 34.1 Å². The molecule has 1 rings (SSSR count). The summed E-state index contributed by atoms with van der Waals surface area (Å²) >= 11 is 1.44. The summed E-state index contributed by atoms with van der Waals surface area (Å²) in [6.07, 6.45) is 1.60. The molecule has 1 aromatic heterocycles. The van der Waals surface area contributed by atoms with Gasteiger partial charge in [-0.25, -0.2) is 4.98 Å². The third-order valence-electron chi connectivity index (χ3n) is 2.44. The van der Waals surface area contributed by atoms with E-state index in [0.29, 0.717) is 11.6 Å². The number of carbonyl (C=O) groups excluding carboxylic acids is 1. The number of carbonyl (C=O) groups is 1. The third-order valence-corrected chi connectivity index (χ3v) is 3.20. The van der Waals surface area contributed by atoms with Crippen LogP contribution < -0.4 is 11.1 Å². The van der Waals surface area contributed by atoms with E-state index in [9.17, 15) is 4.79 Å². The van der Waals surface area contributed by atoms with E-state index in [2.05, 4.69) is 31.1 Å². The maximum Gasteiger partial charge on any atom is 0.243 e. The molecule has 0 saturated heterocycles. The average Bonchev–Trinajstić information content (AvgIpc) is 2.66. The number of amides is 1. The molecule has 3 N–H and O–H groups in total. The SMILES string of the molecule is CCCC(N)C(=O)Nc1nc(C(C)(C)C)cs1. The maximum absolute atomic E-state index is 11.7. The van der Waals surface area contributed by atoms with Gasteiger partial charge in [0.05, 0.1) is 11.7 Å². The van der Waals surface area contributed by atoms with Gasteiger partial charge in [-0.05, 0) is 6.42 Å². The van der Waals surface area contributed by atoms with Crippen molar-refractivity contribution in [2.45, 2.75) is 52.0 Å². The van der Waals surface area contributed by atoms with Crippen LogP contribution in [0.4, 0.5) is 5.13 Å². The van der Waals surface area contributed by atoms with Crippen molar-refractivity contribution in [1.29, 1.82) is 0 Å². The summed E-state index contributed by atoms with van der Waals surface area (Å²) in [7, 11) is 0. The fourth-order valence-corrected chi connectivity index (χ4v) is 2.26. The Labute approximate surface area is 107 Å². The molecule has 1 amide bonds. The van der Waals surface area contributed by atoms with Crippen molar-refractivity contribution < 1.29 is 4.79 Å². The first-order valence-electron chi connectivity index (χ1n) is 5.87. The number of hydrogen-bond acceptors (Lipinski definition) is 4. The van der Waals surface area contributed by atoms with Crippen LogP contribution in [0.15, 0.2) is 5.38 Å². The Morgan fingerprint density at radius 1 is 1.59 bits per heavy atom. The van der Waals surface area contributed by atoms with Gasteiger partial charge in [-0.3, -0.25) is 4.79 Å². The molecule has 0 aliphatic carbocycles. The summed E-state index contributed by atoms with van der Waals surface area (Å²) in [6, 6.07) is -0.443. The second-order valence-electron chi connectivity index (χ2n) is 5.17. The molecule has 5 heteroatoms. The van der Waals surface area contributed by atoms with Gasteiger partial charge >= 0.3 is 0 Å². The molecular formula is C12H21N3OS.